The van der Waals surface area contributed by atoms with E-state index in [0.29, 0.717) is 0 Å². The molecule has 3 nitrogen and oxygen atoms in total. The van der Waals surface area contributed by atoms with E-state index in [-0.39, 0.29) is 6.04 Å². The van der Waals surface area contributed by atoms with E-state index in [4.69, 9.17) is 10.3 Å². The summed E-state index contributed by atoms with van der Waals surface area (Å²) in [5.74, 6) is 7.39. The molecule has 1 aliphatic carbocycles. The Morgan fingerprint density at radius 2 is 1.95 bits per heavy atom. The molecule has 1 unspecified atom stereocenters. The molecule has 1 saturated carbocycles. The van der Waals surface area contributed by atoms with Crippen molar-refractivity contribution in [1.82, 2.24) is 5.43 Å². The third-order valence-corrected chi connectivity index (χ3v) is 4.22. The third-order valence-electron chi connectivity index (χ3n) is 4.22. The first-order chi connectivity index (χ1) is 9.29. The Balaban J connectivity index is 1.85. The van der Waals surface area contributed by atoms with E-state index in [9.17, 15) is 0 Å². The fraction of sp³-hybridized carbons (Fsp3) is 0.375. The molecule has 1 aliphatic rings. The van der Waals surface area contributed by atoms with Crippen molar-refractivity contribution in [2.75, 3.05) is 0 Å². The van der Waals surface area contributed by atoms with Crippen LogP contribution in [0.5, 0.6) is 0 Å². The summed E-state index contributed by atoms with van der Waals surface area (Å²) in [6.07, 6.45) is 5.74. The lowest BCUT2D eigenvalue weighted by Gasteiger charge is -2.26. The zero-order valence-corrected chi connectivity index (χ0v) is 11.2. The van der Waals surface area contributed by atoms with Crippen LogP contribution in [-0.4, -0.2) is 0 Å². The molecule has 3 heteroatoms. The van der Waals surface area contributed by atoms with Gasteiger partial charge >= 0.3 is 0 Å². The average molecular weight is 256 g/mol. The topological polar surface area (TPSA) is 51.2 Å². The highest BCUT2D eigenvalue weighted by molar-refractivity contribution is 5.35. The van der Waals surface area contributed by atoms with Crippen LogP contribution in [-0.2, 0) is 0 Å². The fourth-order valence-electron chi connectivity index (χ4n) is 2.76. The molecule has 0 radical (unpaired) electrons. The first kappa shape index (κ1) is 12.5. The first-order valence-corrected chi connectivity index (χ1v) is 6.89. The van der Waals surface area contributed by atoms with E-state index >= 15 is 0 Å². The molecular formula is C16H20N2O. The van der Waals surface area contributed by atoms with Gasteiger partial charge in [-0.2, -0.15) is 0 Å². The zero-order valence-electron chi connectivity index (χ0n) is 11.2. The van der Waals surface area contributed by atoms with E-state index in [0.717, 1.165) is 17.2 Å². The van der Waals surface area contributed by atoms with E-state index in [2.05, 4.69) is 29.7 Å². The molecule has 1 heterocycles. The van der Waals surface area contributed by atoms with Crippen LogP contribution in [0.25, 0.3) is 0 Å². The molecule has 0 bridgehead atoms. The number of hydrogen-bond acceptors (Lipinski definition) is 3. The minimum atomic E-state index is -0.00538. The molecule has 0 saturated heterocycles. The molecule has 3 N–H and O–H groups in total. The van der Waals surface area contributed by atoms with E-state index in [1.807, 2.05) is 13.0 Å². The van der Waals surface area contributed by atoms with Crippen LogP contribution < -0.4 is 11.3 Å². The quantitative estimate of drug-likeness (QED) is 0.651. The summed E-state index contributed by atoms with van der Waals surface area (Å²) in [5, 5.41) is 0. The van der Waals surface area contributed by atoms with Crippen LogP contribution in [0, 0.1) is 6.92 Å². The highest BCUT2D eigenvalue weighted by Crippen LogP contribution is 2.37. The van der Waals surface area contributed by atoms with Gasteiger partial charge in [0.25, 0.3) is 0 Å². The maximum absolute atomic E-state index is 5.71. The zero-order chi connectivity index (χ0) is 13.2. The Morgan fingerprint density at radius 1 is 1.21 bits per heavy atom. The van der Waals surface area contributed by atoms with Crippen molar-refractivity contribution in [1.29, 1.82) is 0 Å². The minimum absolute atomic E-state index is 0.00538. The second-order valence-corrected chi connectivity index (χ2v) is 5.33. The highest BCUT2D eigenvalue weighted by atomic mass is 16.3. The van der Waals surface area contributed by atoms with Gasteiger partial charge in [0.05, 0.1) is 12.3 Å². The molecular weight excluding hydrogens is 236 g/mol. The summed E-state index contributed by atoms with van der Waals surface area (Å²) in [7, 11) is 0. The number of furan rings is 1. The van der Waals surface area contributed by atoms with Gasteiger partial charge in [0, 0.05) is 5.56 Å². The molecule has 2 aromatic rings. The minimum Gasteiger partial charge on any atom is -0.469 e. The lowest BCUT2D eigenvalue weighted by Crippen LogP contribution is -2.29. The average Bonchev–Trinajstić information content (AvgIpc) is 2.77. The monoisotopic (exact) mass is 256 g/mol. The van der Waals surface area contributed by atoms with E-state index in [1.165, 1.54) is 30.4 Å². The number of nitrogens with two attached hydrogens (primary N) is 1. The number of benzene rings is 1. The Morgan fingerprint density at radius 3 is 2.42 bits per heavy atom. The second kappa shape index (κ2) is 5.19. The summed E-state index contributed by atoms with van der Waals surface area (Å²) in [5.41, 5.74) is 6.60. The van der Waals surface area contributed by atoms with Gasteiger partial charge in [-0.05, 0) is 42.9 Å². The number of rotatable bonds is 4. The van der Waals surface area contributed by atoms with Crippen molar-refractivity contribution in [2.45, 2.75) is 38.1 Å². The molecule has 1 fully saturated rings. The van der Waals surface area contributed by atoms with E-state index in [1.54, 1.807) is 6.26 Å². The normalized spacial score (nSPS) is 17.2. The van der Waals surface area contributed by atoms with Gasteiger partial charge in [-0.1, -0.05) is 30.7 Å². The van der Waals surface area contributed by atoms with E-state index < -0.39 is 0 Å². The predicted octanol–water partition coefficient (Wildman–Crippen LogP) is 3.41. The third kappa shape index (κ3) is 2.31. The number of hydrazine groups is 1. The lowest BCUT2D eigenvalue weighted by molar-refractivity contribution is 0.419. The Hall–Kier alpha value is -1.58. The molecule has 0 aliphatic heterocycles. The van der Waals surface area contributed by atoms with Crippen molar-refractivity contribution in [3.63, 3.8) is 0 Å². The Kier molecular flexibility index (Phi) is 3.40. The molecule has 3 rings (SSSR count). The van der Waals surface area contributed by atoms with Gasteiger partial charge in [-0.25, -0.2) is 5.43 Å². The Labute approximate surface area is 113 Å². The van der Waals surface area contributed by atoms with Gasteiger partial charge in [-0.3, -0.25) is 5.84 Å². The van der Waals surface area contributed by atoms with Gasteiger partial charge < -0.3 is 4.42 Å². The highest BCUT2D eigenvalue weighted by Gasteiger charge is 2.20. The van der Waals surface area contributed by atoms with Crippen LogP contribution in [0.1, 0.15) is 53.7 Å². The lowest BCUT2D eigenvalue weighted by atomic mass is 9.79. The molecule has 1 aromatic carbocycles. The maximum atomic E-state index is 5.71. The fourth-order valence-corrected chi connectivity index (χ4v) is 2.76. The van der Waals surface area contributed by atoms with Crippen LogP contribution >= 0.6 is 0 Å². The summed E-state index contributed by atoms with van der Waals surface area (Å²) in [6, 6.07) is 10.8. The van der Waals surface area contributed by atoms with Crippen LogP contribution in [0.2, 0.25) is 0 Å². The number of nitrogens with one attached hydrogen (secondary N) is 1. The van der Waals surface area contributed by atoms with Crippen LogP contribution in [0.3, 0.4) is 0 Å². The summed E-state index contributed by atoms with van der Waals surface area (Å²) < 4.78 is 5.36. The van der Waals surface area contributed by atoms with Crippen molar-refractivity contribution >= 4 is 0 Å². The van der Waals surface area contributed by atoms with Crippen LogP contribution in [0.4, 0.5) is 0 Å². The van der Waals surface area contributed by atoms with Crippen molar-refractivity contribution in [3.8, 4) is 0 Å². The van der Waals surface area contributed by atoms with Gasteiger partial charge in [-0.15, -0.1) is 0 Å². The summed E-state index contributed by atoms with van der Waals surface area (Å²) in [6.45, 7) is 1.96. The number of aryl methyl sites for hydroxylation is 1. The molecule has 0 amide bonds. The first-order valence-electron chi connectivity index (χ1n) is 6.89. The number of hydrogen-bond donors (Lipinski definition) is 2. The summed E-state index contributed by atoms with van der Waals surface area (Å²) >= 11 is 0. The van der Waals surface area contributed by atoms with Gasteiger partial charge in [0.15, 0.2) is 0 Å². The molecule has 1 aromatic heterocycles. The molecule has 100 valence electrons. The Bertz CT molecular complexity index is 540. The van der Waals surface area contributed by atoms with Crippen molar-refractivity contribution < 1.29 is 4.42 Å². The standard InChI is InChI=1S/C16H20N2O/c1-11-15(9-10-19-11)16(18-17)14-7-5-13(6-8-14)12-3-2-4-12/h5-10,12,16,18H,2-4,17H2,1H3. The van der Waals surface area contributed by atoms with Gasteiger partial charge in [0.1, 0.15) is 5.76 Å². The smallest absolute Gasteiger partial charge is 0.105 e. The molecule has 1 atom stereocenters. The molecule has 0 spiro atoms. The van der Waals surface area contributed by atoms with Gasteiger partial charge in [0.2, 0.25) is 0 Å². The maximum Gasteiger partial charge on any atom is 0.105 e. The van der Waals surface area contributed by atoms with Crippen LogP contribution in [0.15, 0.2) is 41.0 Å². The van der Waals surface area contributed by atoms with Crippen molar-refractivity contribution in [2.24, 2.45) is 5.84 Å². The molecule has 19 heavy (non-hydrogen) atoms. The predicted molar refractivity (Wildman–Crippen MR) is 75.6 cm³/mol. The second-order valence-electron chi connectivity index (χ2n) is 5.33. The summed E-state index contributed by atoms with van der Waals surface area (Å²) in [4.78, 5) is 0. The van der Waals surface area contributed by atoms with Crippen molar-refractivity contribution in [3.05, 3.63) is 59.0 Å². The SMILES string of the molecule is Cc1occc1C(NN)c1ccc(C2CCC2)cc1. The largest absolute Gasteiger partial charge is 0.469 e.